The summed E-state index contributed by atoms with van der Waals surface area (Å²) in [5.74, 6) is -8.01. The zero-order chi connectivity index (χ0) is 53.9. The van der Waals surface area contributed by atoms with E-state index in [-0.39, 0.29) is 43.9 Å². The summed E-state index contributed by atoms with van der Waals surface area (Å²) in [7, 11) is 2.31. The number of cyclic esters (lactones) is 4. The van der Waals surface area contributed by atoms with E-state index in [0.29, 0.717) is 0 Å². The van der Waals surface area contributed by atoms with Gasteiger partial charge in [-0.25, -0.2) is 9.59 Å². The average molecular weight is 1040 g/mol. The smallest absolute Gasteiger partial charge is 0.338 e. The van der Waals surface area contributed by atoms with Gasteiger partial charge in [0.2, 0.25) is 0 Å². The first-order valence-corrected chi connectivity index (χ1v) is 23.4. The number of aliphatic hydroxyl groups is 2. The Morgan fingerprint density at radius 1 is 0.480 bits per heavy atom. The number of hydrogen-bond donors (Lipinski definition) is 3. The molecule has 0 radical (unpaired) electrons. The van der Waals surface area contributed by atoms with E-state index in [4.69, 9.17) is 38.6 Å². The molecule has 8 aliphatic rings. The normalized spacial score (nSPS) is 27.3. The molecule has 0 spiro atoms. The zero-order valence-corrected chi connectivity index (χ0v) is 40.4. The third-order valence-electron chi connectivity index (χ3n) is 12.2. The van der Waals surface area contributed by atoms with Crippen LogP contribution in [-0.4, -0.2) is 114 Å². The van der Waals surface area contributed by atoms with Crippen molar-refractivity contribution < 1.29 is 96.0 Å². The van der Waals surface area contributed by atoms with Crippen LogP contribution in [-0.2, 0) is 96.1 Å². The van der Waals surface area contributed by atoms with E-state index in [2.05, 4.69) is 13.9 Å². The van der Waals surface area contributed by atoms with Crippen molar-refractivity contribution in [1.82, 2.24) is 0 Å². The van der Waals surface area contributed by atoms with Gasteiger partial charge in [-0.15, -0.1) is 0 Å². The molecule has 4 saturated heterocycles. The van der Waals surface area contributed by atoms with Gasteiger partial charge in [-0.2, -0.15) is 0 Å². The van der Waals surface area contributed by atoms with Crippen molar-refractivity contribution in [1.29, 1.82) is 0 Å². The van der Waals surface area contributed by atoms with Crippen LogP contribution in [0.1, 0.15) is 16.7 Å². The molecule has 20 nitrogen and oxygen atoms in total. The molecule has 4 aromatic rings. The van der Waals surface area contributed by atoms with Crippen molar-refractivity contribution in [3.05, 3.63) is 181 Å². The summed E-state index contributed by atoms with van der Waals surface area (Å²) in [5, 5.41) is 24.8. The topological polar surface area (TPSA) is 284 Å². The van der Waals surface area contributed by atoms with Crippen LogP contribution in [0.2, 0.25) is 0 Å². The van der Waals surface area contributed by atoms with Crippen LogP contribution in [0, 0.1) is 35.5 Å². The first kappa shape index (κ1) is 56.2. The number of fused-ring (bicyclic) bond motifs is 9. The molecule has 6 bridgehead atoms. The molecule has 75 heavy (non-hydrogen) atoms. The Kier molecular flexibility index (Phi) is 20.8. The molecular weight excluding hydrogens is 981 g/mol. The molecule has 9 heterocycles. The predicted octanol–water partition coefficient (Wildman–Crippen LogP) is 4.19. The number of carbonyl (C=O) groups is 8. The Morgan fingerprint density at radius 3 is 1.17 bits per heavy atom. The highest BCUT2D eigenvalue weighted by atomic mass is 16.6. The Labute approximate surface area is 429 Å². The lowest BCUT2D eigenvalue weighted by Crippen LogP contribution is -2.37. The highest BCUT2D eigenvalue weighted by Crippen LogP contribution is 2.44. The van der Waals surface area contributed by atoms with Crippen LogP contribution in [0.15, 0.2) is 169 Å². The second-order valence-electron chi connectivity index (χ2n) is 16.8. The molecule has 20 heteroatoms. The molecule has 1 aromatic heterocycles. The van der Waals surface area contributed by atoms with Gasteiger partial charge < -0.3 is 57.6 Å². The van der Waals surface area contributed by atoms with E-state index in [1.807, 2.05) is 115 Å². The van der Waals surface area contributed by atoms with Gasteiger partial charge in [0, 0.05) is 19.3 Å². The first-order valence-electron chi connectivity index (χ1n) is 23.4. The lowest BCUT2D eigenvalue weighted by atomic mass is 9.83. The summed E-state index contributed by atoms with van der Waals surface area (Å²) in [4.78, 5) is 89.6. The zero-order valence-electron chi connectivity index (χ0n) is 40.4. The number of hydrogen-bond acceptors (Lipinski definition) is 19. The summed E-state index contributed by atoms with van der Waals surface area (Å²) >= 11 is 0. The molecule has 394 valence electrons. The maximum atomic E-state index is 12.3. The molecule has 3 N–H and O–H groups in total. The summed E-state index contributed by atoms with van der Waals surface area (Å²) in [6, 6.07) is 31.9. The van der Waals surface area contributed by atoms with Crippen molar-refractivity contribution >= 4 is 47.8 Å². The number of aliphatic hydroxyl groups excluding tert-OH is 2. The van der Waals surface area contributed by atoms with Crippen molar-refractivity contribution in [2.24, 2.45) is 35.5 Å². The van der Waals surface area contributed by atoms with E-state index in [9.17, 15) is 43.5 Å². The van der Waals surface area contributed by atoms with Crippen LogP contribution < -0.4 is 0 Å². The van der Waals surface area contributed by atoms with Crippen LogP contribution in [0.5, 0.6) is 0 Å². The first-order chi connectivity index (χ1) is 36.4. The van der Waals surface area contributed by atoms with Gasteiger partial charge in [0.05, 0.1) is 62.9 Å². The number of carboxylic acids is 1. The number of esters is 7. The number of methoxy groups -OCH3 is 1. The number of benzene rings is 3. The molecule has 12 rings (SSSR count). The molecule has 12 atom stereocenters. The second-order valence-corrected chi connectivity index (χ2v) is 16.8. The number of carbonyl (C=O) groups excluding carboxylic acids is 7. The summed E-state index contributed by atoms with van der Waals surface area (Å²) in [6.07, 6.45) is 13.9. The Hall–Kier alpha value is -8.14. The molecule has 4 fully saturated rings. The van der Waals surface area contributed by atoms with Crippen molar-refractivity contribution in [2.45, 2.75) is 56.4 Å². The molecule has 0 aliphatic carbocycles. The highest BCUT2D eigenvalue weighted by molar-refractivity contribution is 6.05. The third kappa shape index (κ3) is 14.8. The second kappa shape index (κ2) is 27.8. The molecule has 12 unspecified atom stereocenters. The highest BCUT2D eigenvalue weighted by Gasteiger charge is 2.59. The quantitative estimate of drug-likeness (QED) is 0.0917. The van der Waals surface area contributed by atoms with E-state index in [1.54, 1.807) is 36.8 Å². The standard InChI is InChI=1S/C16H16O5.C15H14O5.C8H6O4.C7H8O.C4H2O3.C4H4O.CH4O/c1-19-15(17)13-11-7-8-12(21-11)14(13)16(18)20-9-10-5-3-2-4-6-10;16-14(17)12-10-6-7-11(20-10)13(12)15(18)19-8-9-4-2-1-3-5-9;9-7-5-3-1-2-4(11-3)6(5)8(10)12-7;8-6-7-4-2-1-3-5-7;5-3-1-2-4(6)7-3;1-2-4-5-3-1;1-2/h2-8,11-14H,9H2,1H3;1-7,10-13H,8H2,(H,16,17);1-6H;1-5,8H,6H2;1-2H;1-4H;2H,1H3. The predicted molar refractivity (Wildman–Crippen MR) is 257 cm³/mol. The van der Waals surface area contributed by atoms with E-state index in [0.717, 1.165) is 36.0 Å². The van der Waals surface area contributed by atoms with Gasteiger partial charge in [0.15, 0.2) is 0 Å². The monoisotopic (exact) mass is 1030 g/mol. The minimum Gasteiger partial charge on any atom is -0.481 e. The van der Waals surface area contributed by atoms with Crippen molar-refractivity contribution in [3.8, 4) is 0 Å². The van der Waals surface area contributed by atoms with Crippen molar-refractivity contribution in [3.63, 3.8) is 0 Å². The number of rotatable bonds is 9. The Morgan fingerprint density at radius 2 is 0.840 bits per heavy atom. The summed E-state index contributed by atoms with van der Waals surface area (Å²) < 4.78 is 44.8. The molecule has 0 saturated carbocycles. The minimum absolute atomic E-state index is 0.140. The fraction of sp³-hybridized carbons (Fsp3) is 0.309. The maximum Gasteiger partial charge on any atom is 0.338 e. The molecular formula is C55H54O20. The Bertz CT molecular complexity index is 2620. The fourth-order valence-corrected chi connectivity index (χ4v) is 8.76. The van der Waals surface area contributed by atoms with Crippen LogP contribution in [0.4, 0.5) is 0 Å². The van der Waals surface area contributed by atoms with Gasteiger partial charge in [0.1, 0.15) is 48.7 Å². The fourth-order valence-electron chi connectivity index (χ4n) is 8.76. The third-order valence-corrected chi connectivity index (χ3v) is 12.2. The SMILES string of the molecule is CO.COC(=O)C1C2C=CC(O2)C1C(=O)OCc1ccccc1.O=C(O)C1C2C=CC(O2)C1C(=O)OCc1ccccc1.O=C1C=CC(=O)O1.O=C1OC(=O)C2C3C=CC(O3)C12.OCc1ccccc1.c1ccoc1. The number of aliphatic carboxylic acids is 1. The van der Waals surface area contributed by atoms with E-state index in [1.165, 1.54) is 7.11 Å². The van der Waals surface area contributed by atoms with E-state index < -0.39 is 95.8 Å². The van der Waals surface area contributed by atoms with Gasteiger partial charge in [0.25, 0.3) is 0 Å². The van der Waals surface area contributed by atoms with Crippen LogP contribution in [0.3, 0.4) is 0 Å². The molecule has 3 aromatic carbocycles. The van der Waals surface area contributed by atoms with Gasteiger partial charge in [-0.3, -0.25) is 28.8 Å². The van der Waals surface area contributed by atoms with Crippen LogP contribution >= 0.6 is 0 Å². The number of ether oxygens (including phenoxy) is 8. The van der Waals surface area contributed by atoms with Gasteiger partial charge in [-0.05, 0) is 28.8 Å². The average Bonchev–Trinajstić information content (AvgIpc) is 4.30. The lowest BCUT2D eigenvalue weighted by molar-refractivity contribution is -0.159. The molecule has 0 amide bonds. The lowest BCUT2D eigenvalue weighted by Gasteiger charge is -2.21. The number of furan rings is 1. The Balaban J connectivity index is 0.000000155. The van der Waals surface area contributed by atoms with E-state index >= 15 is 0 Å². The summed E-state index contributed by atoms with van der Waals surface area (Å²) in [6.45, 7) is 0.468. The largest absolute Gasteiger partial charge is 0.481 e. The number of carboxylic acid groups (broad SMARTS) is 1. The van der Waals surface area contributed by atoms with Crippen molar-refractivity contribution in [2.75, 3.05) is 14.2 Å². The minimum atomic E-state index is -1.02. The summed E-state index contributed by atoms with van der Waals surface area (Å²) in [5.41, 5.74) is 2.74. The molecule has 8 aliphatic heterocycles. The van der Waals surface area contributed by atoms with Gasteiger partial charge in [-0.1, -0.05) is 127 Å². The van der Waals surface area contributed by atoms with Crippen LogP contribution in [0.25, 0.3) is 0 Å². The van der Waals surface area contributed by atoms with Gasteiger partial charge >= 0.3 is 47.8 Å². The maximum absolute atomic E-state index is 12.3.